The van der Waals surface area contributed by atoms with Gasteiger partial charge in [-0.3, -0.25) is 0 Å². The Hall–Kier alpha value is -0.670. The Labute approximate surface area is 113 Å². The summed E-state index contributed by atoms with van der Waals surface area (Å²) in [6.07, 6.45) is 4.31. The van der Waals surface area contributed by atoms with Crippen LogP contribution in [0.25, 0.3) is 0 Å². The number of hydrogen-bond acceptors (Lipinski definition) is 3. The van der Waals surface area contributed by atoms with Crippen molar-refractivity contribution in [2.75, 3.05) is 24.6 Å². The summed E-state index contributed by atoms with van der Waals surface area (Å²) >= 11 is 1.96. The van der Waals surface area contributed by atoms with Crippen LogP contribution in [0.5, 0.6) is 5.75 Å². The second-order valence-corrected chi connectivity index (χ2v) is 6.39. The predicted molar refractivity (Wildman–Crippen MR) is 77.5 cm³/mol. The summed E-state index contributed by atoms with van der Waals surface area (Å²) in [5.41, 5.74) is 1.46. The van der Waals surface area contributed by atoms with Crippen molar-refractivity contribution < 1.29 is 4.74 Å². The highest BCUT2D eigenvalue weighted by Crippen LogP contribution is 2.25. The largest absolute Gasteiger partial charge is 0.489 e. The lowest BCUT2D eigenvalue weighted by molar-refractivity contribution is 0.240. The van der Waals surface area contributed by atoms with Crippen LogP contribution in [-0.4, -0.2) is 30.7 Å². The van der Waals surface area contributed by atoms with Crippen LogP contribution in [0.4, 0.5) is 0 Å². The molecule has 0 aromatic heterocycles. The Morgan fingerprint density at radius 3 is 2.44 bits per heavy atom. The molecule has 2 saturated heterocycles. The predicted octanol–water partition coefficient (Wildman–Crippen LogP) is 2.72. The maximum Gasteiger partial charge on any atom is 0.119 e. The molecular weight excluding hydrogens is 242 g/mol. The Morgan fingerprint density at radius 1 is 1.11 bits per heavy atom. The molecule has 0 amide bonds. The van der Waals surface area contributed by atoms with E-state index >= 15 is 0 Å². The topological polar surface area (TPSA) is 21.3 Å². The summed E-state index contributed by atoms with van der Waals surface area (Å²) in [5.74, 6) is 4.20. The molecule has 3 heteroatoms. The van der Waals surface area contributed by atoms with Crippen molar-refractivity contribution in [3.63, 3.8) is 0 Å². The van der Waals surface area contributed by atoms with Gasteiger partial charge >= 0.3 is 0 Å². The third kappa shape index (κ3) is 3.21. The minimum absolute atomic E-state index is 0.449. The highest BCUT2D eigenvalue weighted by atomic mass is 32.2. The van der Waals surface area contributed by atoms with Crippen molar-refractivity contribution in [2.24, 2.45) is 5.92 Å². The first-order valence-corrected chi connectivity index (χ1v) is 8.10. The number of rotatable bonds is 4. The van der Waals surface area contributed by atoms with E-state index in [1.165, 1.54) is 37.9 Å². The van der Waals surface area contributed by atoms with E-state index in [1.807, 2.05) is 11.8 Å². The van der Waals surface area contributed by atoms with Gasteiger partial charge < -0.3 is 10.1 Å². The van der Waals surface area contributed by atoms with Crippen LogP contribution in [0.15, 0.2) is 24.3 Å². The highest BCUT2D eigenvalue weighted by Gasteiger charge is 2.19. The zero-order chi connectivity index (χ0) is 12.2. The fraction of sp³-hybridized carbons (Fsp3) is 0.600. The fourth-order valence-electron chi connectivity index (χ4n) is 2.60. The average molecular weight is 263 g/mol. The van der Waals surface area contributed by atoms with Crippen LogP contribution >= 0.6 is 11.8 Å². The Balaban J connectivity index is 1.52. The number of piperidine rings is 1. The summed E-state index contributed by atoms with van der Waals surface area (Å²) in [7, 11) is 0. The molecule has 0 saturated carbocycles. The van der Waals surface area contributed by atoms with Gasteiger partial charge in [0.1, 0.15) is 11.9 Å². The van der Waals surface area contributed by atoms with Crippen molar-refractivity contribution in [1.29, 1.82) is 0 Å². The normalized spacial score (nSPS) is 21.6. The molecule has 3 rings (SSSR count). The molecule has 1 N–H and O–H groups in total. The van der Waals surface area contributed by atoms with E-state index in [0.717, 1.165) is 23.2 Å². The number of ether oxygens (including phenoxy) is 1. The van der Waals surface area contributed by atoms with Gasteiger partial charge in [-0.15, -0.1) is 0 Å². The van der Waals surface area contributed by atoms with Gasteiger partial charge in [0.25, 0.3) is 0 Å². The van der Waals surface area contributed by atoms with Gasteiger partial charge in [0.15, 0.2) is 0 Å². The van der Waals surface area contributed by atoms with E-state index in [2.05, 4.69) is 29.6 Å². The summed E-state index contributed by atoms with van der Waals surface area (Å²) in [6, 6.07) is 8.76. The molecule has 18 heavy (non-hydrogen) atoms. The second kappa shape index (κ2) is 5.98. The molecule has 2 fully saturated rings. The number of thioether (sulfide) groups is 1. The van der Waals surface area contributed by atoms with E-state index in [-0.39, 0.29) is 0 Å². The van der Waals surface area contributed by atoms with Gasteiger partial charge in [0, 0.05) is 11.5 Å². The minimum atomic E-state index is 0.449. The summed E-state index contributed by atoms with van der Waals surface area (Å²) in [5, 5.41) is 3.42. The lowest BCUT2D eigenvalue weighted by atomic mass is 9.91. The summed E-state index contributed by atoms with van der Waals surface area (Å²) in [4.78, 5) is 0. The van der Waals surface area contributed by atoms with Crippen molar-refractivity contribution in [1.82, 2.24) is 5.32 Å². The fourth-order valence-corrected chi connectivity index (χ4v) is 3.16. The first kappa shape index (κ1) is 12.4. The third-order valence-corrected chi connectivity index (χ3v) is 5.03. The maximum atomic E-state index is 5.86. The quantitative estimate of drug-likeness (QED) is 0.902. The van der Waals surface area contributed by atoms with Crippen molar-refractivity contribution in [3.8, 4) is 5.75 Å². The molecule has 0 spiro atoms. The number of hydrogen-bond donors (Lipinski definition) is 1. The number of benzene rings is 1. The Morgan fingerprint density at radius 2 is 1.83 bits per heavy atom. The van der Waals surface area contributed by atoms with Crippen molar-refractivity contribution in [3.05, 3.63) is 29.8 Å². The minimum Gasteiger partial charge on any atom is -0.489 e. The van der Waals surface area contributed by atoms with Crippen molar-refractivity contribution >= 4 is 11.8 Å². The van der Waals surface area contributed by atoms with Crippen LogP contribution in [0.1, 0.15) is 18.4 Å². The molecule has 98 valence electrons. The zero-order valence-electron chi connectivity index (χ0n) is 10.7. The monoisotopic (exact) mass is 263 g/mol. The van der Waals surface area contributed by atoms with E-state index in [9.17, 15) is 0 Å². The van der Waals surface area contributed by atoms with E-state index in [0.29, 0.717) is 6.10 Å². The molecule has 0 aliphatic carbocycles. The molecule has 1 aromatic rings. The first-order chi connectivity index (χ1) is 8.90. The lowest BCUT2D eigenvalue weighted by Crippen LogP contribution is -2.31. The third-order valence-electron chi connectivity index (χ3n) is 3.82. The molecule has 2 heterocycles. The van der Waals surface area contributed by atoms with E-state index in [4.69, 9.17) is 4.74 Å². The van der Waals surface area contributed by atoms with Crippen LogP contribution in [0, 0.1) is 5.92 Å². The Bertz CT molecular complexity index is 369. The van der Waals surface area contributed by atoms with Gasteiger partial charge in [-0.05, 0) is 56.0 Å². The SMILES string of the molecule is c1cc(OC2CSC2)ccc1CC1CCNCC1. The lowest BCUT2D eigenvalue weighted by Gasteiger charge is -2.26. The molecule has 2 aliphatic heterocycles. The smallest absolute Gasteiger partial charge is 0.119 e. The van der Waals surface area contributed by atoms with Crippen LogP contribution in [-0.2, 0) is 6.42 Å². The average Bonchev–Trinajstić information content (AvgIpc) is 2.37. The molecule has 0 atom stereocenters. The second-order valence-electron chi connectivity index (χ2n) is 5.32. The first-order valence-electron chi connectivity index (χ1n) is 6.94. The summed E-state index contributed by atoms with van der Waals surface area (Å²) in [6.45, 7) is 2.37. The van der Waals surface area contributed by atoms with Crippen LogP contribution < -0.4 is 10.1 Å². The highest BCUT2D eigenvalue weighted by molar-refractivity contribution is 8.00. The molecule has 0 unspecified atom stereocenters. The van der Waals surface area contributed by atoms with Gasteiger partial charge in [0.05, 0.1) is 0 Å². The van der Waals surface area contributed by atoms with Gasteiger partial charge in [0.2, 0.25) is 0 Å². The van der Waals surface area contributed by atoms with E-state index in [1.54, 1.807) is 0 Å². The molecular formula is C15H21NOS. The zero-order valence-corrected chi connectivity index (χ0v) is 11.5. The maximum absolute atomic E-state index is 5.86. The molecule has 0 bridgehead atoms. The van der Waals surface area contributed by atoms with Crippen LogP contribution in [0.2, 0.25) is 0 Å². The molecule has 0 radical (unpaired) electrons. The van der Waals surface area contributed by atoms with Gasteiger partial charge in [-0.2, -0.15) is 11.8 Å². The van der Waals surface area contributed by atoms with E-state index < -0.39 is 0 Å². The Kier molecular flexibility index (Phi) is 4.11. The number of nitrogens with one attached hydrogen (secondary N) is 1. The molecule has 2 nitrogen and oxygen atoms in total. The van der Waals surface area contributed by atoms with Crippen LogP contribution in [0.3, 0.4) is 0 Å². The van der Waals surface area contributed by atoms with Gasteiger partial charge in [-0.1, -0.05) is 12.1 Å². The standard InChI is InChI=1S/C15H21NOS/c1-3-14(17-15-10-18-11-15)4-2-12(1)9-13-5-7-16-8-6-13/h1-4,13,15-16H,5-11H2. The van der Waals surface area contributed by atoms with Gasteiger partial charge in [-0.25, -0.2) is 0 Å². The molecule has 2 aliphatic rings. The molecule has 1 aromatic carbocycles. The summed E-state index contributed by atoms with van der Waals surface area (Å²) < 4.78 is 5.86. The van der Waals surface area contributed by atoms with Crippen molar-refractivity contribution in [2.45, 2.75) is 25.4 Å².